The minimum Gasteiger partial charge on any atom is -0.0990 e. The lowest BCUT2D eigenvalue weighted by molar-refractivity contribution is 0.115. The highest BCUT2D eigenvalue weighted by atomic mass is 79.9. The van der Waals surface area contributed by atoms with Gasteiger partial charge in [-0.25, -0.2) is 0 Å². The monoisotopic (exact) mass is 358 g/mol. The molecule has 2 atom stereocenters. The van der Waals surface area contributed by atoms with Gasteiger partial charge in [-0.15, -0.1) is 0 Å². The van der Waals surface area contributed by atoms with Gasteiger partial charge in [-0.2, -0.15) is 0 Å². The fraction of sp³-hybridized carbons (Fsp3) is 0.600. The van der Waals surface area contributed by atoms with Gasteiger partial charge in [0.2, 0.25) is 0 Å². The molecule has 0 aromatic heterocycles. The number of allylic oxidation sites excluding steroid dienone is 4. The minimum absolute atomic E-state index is 0.179. The van der Waals surface area contributed by atoms with Crippen molar-refractivity contribution in [3.05, 3.63) is 34.9 Å². The smallest absolute Gasteiger partial charge is 0.0211 e. The average molecular weight is 360 g/mol. The summed E-state index contributed by atoms with van der Waals surface area (Å²) in [6.45, 7) is 9.13. The summed E-state index contributed by atoms with van der Waals surface area (Å²) < 4.78 is 0. The van der Waals surface area contributed by atoms with Crippen LogP contribution in [-0.2, 0) is 0 Å². The first kappa shape index (κ1) is 13.6. The molecule has 2 aliphatic carbocycles. The number of alkyl halides is 1. The fourth-order valence-corrected chi connectivity index (χ4v) is 4.32. The van der Waals surface area contributed by atoms with E-state index in [1.54, 1.807) is 0 Å². The molecule has 0 aromatic rings. The van der Waals surface area contributed by atoms with E-state index in [1.165, 1.54) is 24.0 Å². The summed E-state index contributed by atoms with van der Waals surface area (Å²) in [5, 5.41) is 0. The van der Waals surface area contributed by atoms with Crippen molar-refractivity contribution in [1.82, 2.24) is 0 Å². The SMILES string of the molecule is C=C1CCC(Br)C(C)(C)[C@@]12C=C/C(=C/Br)CC2. The zero-order chi connectivity index (χ0) is 12.7. The van der Waals surface area contributed by atoms with Gasteiger partial charge in [0.1, 0.15) is 0 Å². The molecule has 0 heterocycles. The van der Waals surface area contributed by atoms with E-state index in [0.717, 1.165) is 12.8 Å². The van der Waals surface area contributed by atoms with E-state index in [2.05, 4.69) is 64.4 Å². The Morgan fingerprint density at radius 1 is 1.41 bits per heavy atom. The van der Waals surface area contributed by atoms with E-state index >= 15 is 0 Å². The van der Waals surface area contributed by atoms with E-state index in [4.69, 9.17) is 0 Å². The lowest BCUT2D eigenvalue weighted by atomic mass is 9.52. The van der Waals surface area contributed by atoms with Crippen molar-refractivity contribution < 1.29 is 0 Å². The standard InChI is InChI=1S/C15H20Br2/c1-11-4-5-13(17)14(2,3)15(11)8-6-12(10-16)7-9-15/h6,8,10,13H,1,4-5,7,9H2,2-3H3/b12-10-/t13?,15-/m1/s1. The summed E-state index contributed by atoms with van der Waals surface area (Å²) in [7, 11) is 0. The maximum atomic E-state index is 4.37. The van der Waals surface area contributed by atoms with Crippen molar-refractivity contribution in [1.29, 1.82) is 0 Å². The van der Waals surface area contributed by atoms with Gasteiger partial charge in [-0.05, 0) is 41.7 Å². The van der Waals surface area contributed by atoms with E-state index in [0.29, 0.717) is 4.83 Å². The lowest BCUT2D eigenvalue weighted by Crippen LogP contribution is -2.47. The van der Waals surface area contributed by atoms with Crippen LogP contribution in [0.3, 0.4) is 0 Å². The van der Waals surface area contributed by atoms with Crippen molar-refractivity contribution in [2.75, 3.05) is 0 Å². The first-order valence-electron chi connectivity index (χ1n) is 6.25. The fourth-order valence-electron chi connectivity index (χ4n) is 3.30. The van der Waals surface area contributed by atoms with E-state index < -0.39 is 0 Å². The van der Waals surface area contributed by atoms with Crippen LogP contribution in [0.25, 0.3) is 0 Å². The van der Waals surface area contributed by atoms with Crippen LogP contribution >= 0.6 is 31.9 Å². The molecule has 17 heavy (non-hydrogen) atoms. The molecule has 2 heteroatoms. The average Bonchev–Trinajstić information content (AvgIpc) is 2.33. The van der Waals surface area contributed by atoms with Crippen LogP contribution in [0.2, 0.25) is 0 Å². The van der Waals surface area contributed by atoms with Crippen molar-refractivity contribution in [2.45, 2.75) is 44.4 Å². The Morgan fingerprint density at radius 2 is 2.12 bits per heavy atom. The summed E-state index contributed by atoms with van der Waals surface area (Å²) in [5.74, 6) is 0. The molecule has 0 aromatic carbocycles. The Labute approximate surface area is 122 Å². The third-order valence-electron chi connectivity index (χ3n) is 4.79. The van der Waals surface area contributed by atoms with Crippen LogP contribution in [0.1, 0.15) is 39.5 Å². The van der Waals surface area contributed by atoms with Crippen LogP contribution in [0, 0.1) is 10.8 Å². The van der Waals surface area contributed by atoms with Crippen molar-refractivity contribution >= 4 is 31.9 Å². The highest BCUT2D eigenvalue weighted by Crippen LogP contribution is 2.60. The molecule has 1 saturated carbocycles. The summed E-state index contributed by atoms with van der Waals surface area (Å²) in [5.41, 5.74) is 3.23. The van der Waals surface area contributed by atoms with Crippen molar-refractivity contribution in [3.8, 4) is 0 Å². The molecule has 1 unspecified atom stereocenters. The summed E-state index contributed by atoms with van der Waals surface area (Å²) in [6.07, 6.45) is 9.37. The van der Waals surface area contributed by atoms with Gasteiger partial charge in [0.25, 0.3) is 0 Å². The van der Waals surface area contributed by atoms with Crippen molar-refractivity contribution in [3.63, 3.8) is 0 Å². The van der Waals surface area contributed by atoms with Crippen LogP contribution in [0.4, 0.5) is 0 Å². The normalized spacial score (nSPS) is 38.9. The van der Waals surface area contributed by atoms with Gasteiger partial charge in [0.05, 0.1) is 0 Å². The molecule has 0 bridgehead atoms. The lowest BCUT2D eigenvalue weighted by Gasteiger charge is -2.54. The molecule has 2 aliphatic rings. The van der Waals surface area contributed by atoms with E-state index in [9.17, 15) is 0 Å². The Kier molecular flexibility index (Phi) is 3.76. The number of hydrogen-bond donors (Lipinski definition) is 0. The maximum absolute atomic E-state index is 4.37. The second kappa shape index (κ2) is 4.70. The van der Waals surface area contributed by atoms with E-state index in [1.807, 2.05) is 4.99 Å². The molecule has 1 spiro atoms. The molecule has 1 fully saturated rings. The van der Waals surface area contributed by atoms with Gasteiger partial charge >= 0.3 is 0 Å². The summed E-state index contributed by atoms with van der Waals surface area (Å²) >= 11 is 7.32. The van der Waals surface area contributed by atoms with Crippen LogP contribution in [-0.4, -0.2) is 4.83 Å². The minimum atomic E-state index is 0.179. The van der Waals surface area contributed by atoms with Gasteiger partial charge in [0, 0.05) is 10.2 Å². The Bertz CT molecular complexity index is 390. The van der Waals surface area contributed by atoms with Crippen LogP contribution < -0.4 is 0 Å². The molecule has 2 rings (SSSR count). The van der Waals surface area contributed by atoms with Crippen LogP contribution in [0.5, 0.6) is 0 Å². The number of rotatable bonds is 0. The highest BCUT2D eigenvalue weighted by molar-refractivity contribution is 9.11. The van der Waals surface area contributed by atoms with Gasteiger partial charge in [-0.3, -0.25) is 0 Å². The molecular formula is C15H20Br2. The molecule has 94 valence electrons. The molecule has 0 amide bonds. The highest BCUT2D eigenvalue weighted by Gasteiger charge is 2.51. The Balaban J connectivity index is 2.43. The predicted molar refractivity (Wildman–Crippen MR) is 82.7 cm³/mol. The van der Waals surface area contributed by atoms with Gasteiger partial charge in [-0.1, -0.05) is 70.0 Å². The first-order chi connectivity index (χ1) is 7.94. The predicted octanol–water partition coefficient (Wildman–Crippen LogP) is 5.74. The summed E-state index contributed by atoms with van der Waals surface area (Å²) in [6, 6.07) is 0. The maximum Gasteiger partial charge on any atom is 0.0211 e. The zero-order valence-corrected chi connectivity index (χ0v) is 13.8. The quantitative estimate of drug-likeness (QED) is 0.382. The third-order valence-corrected chi connectivity index (χ3v) is 6.98. The molecular weight excluding hydrogens is 340 g/mol. The topological polar surface area (TPSA) is 0 Å². The zero-order valence-electron chi connectivity index (χ0n) is 10.6. The van der Waals surface area contributed by atoms with Gasteiger partial charge < -0.3 is 0 Å². The molecule has 0 saturated heterocycles. The molecule has 0 N–H and O–H groups in total. The van der Waals surface area contributed by atoms with Gasteiger partial charge in [0.15, 0.2) is 0 Å². The van der Waals surface area contributed by atoms with Crippen molar-refractivity contribution in [2.24, 2.45) is 10.8 Å². The first-order valence-corrected chi connectivity index (χ1v) is 8.08. The van der Waals surface area contributed by atoms with Crippen LogP contribution in [0.15, 0.2) is 34.9 Å². The third kappa shape index (κ3) is 2.02. The largest absolute Gasteiger partial charge is 0.0990 e. The number of halogens is 2. The summed E-state index contributed by atoms with van der Waals surface area (Å²) in [4.78, 5) is 2.63. The Morgan fingerprint density at radius 3 is 2.65 bits per heavy atom. The number of hydrogen-bond acceptors (Lipinski definition) is 0. The Hall–Kier alpha value is 0.180. The van der Waals surface area contributed by atoms with E-state index in [-0.39, 0.29) is 10.8 Å². The molecule has 0 nitrogen and oxygen atoms in total. The molecule has 0 aliphatic heterocycles. The molecule has 0 radical (unpaired) electrons. The second-order valence-corrected chi connectivity index (χ2v) is 7.38. The second-order valence-electron chi connectivity index (χ2n) is 5.82.